The average molecular weight is 1000 g/mol. The molecule has 0 unspecified atom stereocenters. The Balaban J connectivity index is 0.00000504. The van der Waals surface area contributed by atoms with E-state index >= 15 is 0 Å². The Labute approximate surface area is 385 Å². The molecule has 0 amide bonds. The third kappa shape index (κ3) is 7.85. The van der Waals surface area contributed by atoms with Crippen molar-refractivity contribution in [2.24, 2.45) is 0 Å². The van der Waals surface area contributed by atoms with E-state index in [1.165, 1.54) is 11.1 Å². The van der Waals surface area contributed by atoms with E-state index in [0.717, 1.165) is 78.2 Å². The number of pyridine rings is 1. The topological polar surface area (TPSA) is 33.5 Å². The molecule has 0 aliphatic carbocycles. The van der Waals surface area contributed by atoms with Gasteiger partial charge in [-0.05, 0) is 81.3 Å². The van der Waals surface area contributed by atoms with Crippen LogP contribution in [0.3, 0.4) is 0 Å². The molecule has 9 aromatic rings. The van der Waals surface area contributed by atoms with Crippen LogP contribution >= 0.6 is 0 Å². The van der Waals surface area contributed by atoms with Gasteiger partial charge in [0, 0.05) is 72.5 Å². The summed E-state index contributed by atoms with van der Waals surface area (Å²) >= 11 is 0. The van der Waals surface area contributed by atoms with Crippen LogP contribution in [0.15, 0.2) is 164 Å². The van der Waals surface area contributed by atoms with E-state index in [4.69, 9.17) is 9.72 Å². The largest absolute Gasteiger partial charge is 0.509 e. The molecule has 5 nitrogen and oxygen atoms in total. The van der Waals surface area contributed by atoms with Crippen LogP contribution in [0.4, 0.5) is 22.7 Å². The zero-order chi connectivity index (χ0) is 42.8. The minimum Gasteiger partial charge on any atom is -0.509 e. The molecule has 0 spiro atoms. The molecule has 1 aliphatic rings. The second-order valence-electron chi connectivity index (χ2n) is 18.3. The van der Waals surface area contributed by atoms with E-state index in [2.05, 4.69) is 221 Å². The van der Waals surface area contributed by atoms with Crippen LogP contribution < -0.4 is 14.5 Å². The molecular weight excluding hydrogens is 952 g/mol. The predicted molar refractivity (Wildman–Crippen MR) is 257 cm³/mol. The number of para-hydroxylation sites is 2. The number of hydrogen-bond acceptors (Lipinski definition) is 4. The number of benzene rings is 7. The predicted octanol–water partition coefficient (Wildman–Crippen LogP) is 15.2. The van der Waals surface area contributed by atoms with Gasteiger partial charge in [0.25, 0.3) is 0 Å². The third-order valence-corrected chi connectivity index (χ3v) is 12.0. The number of nitrogens with zero attached hydrogens (tertiary/aromatic N) is 4. The second kappa shape index (κ2) is 16.4. The average Bonchev–Trinajstić information content (AvgIpc) is 3.83. The van der Waals surface area contributed by atoms with Crippen molar-refractivity contribution in [2.75, 3.05) is 9.80 Å². The number of fused-ring (bicyclic) bond motifs is 4. The molecule has 7 aromatic carbocycles. The maximum absolute atomic E-state index is 6.65. The molecule has 0 N–H and O–H groups in total. The summed E-state index contributed by atoms with van der Waals surface area (Å²) < 4.78 is 8.85. The molecular formula is C57H49N4OPt-3. The molecule has 0 saturated carbocycles. The zero-order valence-corrected chi connectivity index (χ0v) is 39.0. The number of aromatic nitrogens is 2. The van der Waals surface area contributed by atoms with Crippen molar-refractivity contribution in [1.82, 2.24) is 9.55 Å². The molecule has 0 atom stereocenters. The van der Waals surface area contributed by atoms with Crippen LogP contribution in [-0.2, 0) is 31.9 Å². The summed E-state index contributed by atoms with van der Waals surface area (Å²) in [6.45, 7) is 17.8. The molecule has 0 saturated heterocycles. The Morgan fingerprint density at radius 3 is 2.03 bits per heavy atom. The van der Waals surface area contributed by atoms with Gasteiger partial charge >= 0.3 is 0 Å². The molecule has 6 heteroatoms. The van der Waals surface area contributed by atoms with Gasteiger partial charge in [0.05, 0.1) is 0 Å². The van der Waals surface area contributed by atoms with Gasteiger partial charge in [-0.15, -0.1) is 48.1 Å². The standard InChI is InChI=1S/C57H49N4O.Pt/c1-38-32-54(58-36-50(38)40-26-28-41(29-27-40)56(2,3)4)61-51-24-12-11-22-48(51)49-31-30-46(35-53(49)61)62-45-21-14-20-44(34-45)59-37-60(43-19-13-18-42(33-43)57(5,6)7)55-47(23-15-25-52(55)59)39-16-9-8-10-17-39;/h8-33,36-37H,1-7H3;/q-3;. The summed E-state index contributed by atoms with van der Waals surface area (Å²) in [5.41, 5.74) is 14.6. The molecule has 0 radical (unpaired) electrons. The second-order valence-corrected chi connectivity index (χ2v) is 18.3. The molecule has 2 aromatic heterocycles. The summed E-state index contributed by atoms with van der Waals surface area (Å²) in [6.07, 6.45) is 2.00. The van der Waals surface area contributed by atoms with E-state index < -0.39 is 0 Å². The van der Waals surface area contributed by atoms with E-state index in [1.807, 2.05) is 24.4 Å². The number of anilines is 4. The van der Waals surface area contributed by atoms with Crippen LogP contribution in [0, 0.1) is 25.7 Å². The van der Waals surface area contributed by atoms with Crippen molar-refractivity contribution >= 4 is 44.6 Å². The van der Waals surface area contributed by atoms with Crippen LogP contribution in [0.25, 0.3) is 49.9 Å². The molecule has 10 rings (SSSR count). The normalized spacial score (nSPS) is 12.7. The first-order chi connectivity index (χ1) is 29.9. The fourth-order valence-electron chi connectivity index (χ4n) is 8.62. The summed E-state index contributed by atoms with van der Waals surface area (Å²) in [5.74, 6) is 2.03. The van der Waals surface area contributed by atoms with Gasteiger partial charge in [0.15, 0.2) is 0 Å². The Morgan fingerprint density at radius 1 is 0.571 bits per heavy atom. The molecule has 0 fully saturated rings. The Kier molecular flexibility index (Phi) is 10.9. The zero-order valence-electron chi connectivity index (χ0n) is 36.7. The summed E-state index contributed by atoms with van der Waals surface area (Å²) in [5, 5.41) is 2.22. The van der Waals surface area contributed by atoms with Gasteiger partial charge in [0.2, 0.25) is 0 Å². The molecule has 3 heterocycles. The fraction of sp³-hybridized carbons (Fsp3) is 0.158. The quantitative estimate of drug-likeness (QED) is 0.149. The summed E-state index contributed by atoms with van der Waals surface area (Å²) in [7, 11) is 0. The van der Waals surface area contributed by atoms with Crippen LogP contribution in [0.1, 0.15) is 58.2 Å². The van der Waals surface area contributed by atoms with Crippen LogP contribution in [0.2, 0.25) is 0 Å². The van der Waals surface area contributed by atoms with Crippen molar-refractivity contribution < 1.29 is 25.8 Å². The van der Waals surface area contributed by atoms with Gasteiger partial charge < -0.3 is 19.1 Å². The van der Waals surface area contributed by atoms with E-state index in [0.29, 0.717) is 11.5 Å². The van der Waals surface area contributed by atoms with Gasteiger partial charge in [-0.2, -0.15) is 12.1 Å². The Morgan fingerprint density at radius 2 is 1.27 bits per heavy atom. The van der Waals surface area contributed by atoms with E-state index in [1.54, 1.807) is 0 Å². The smallest absolute Gasteiger partial charge is 0.135 e. The monoisotopic (exact) mass is 1000 g/mol. The van der Waals surface area contributed by atoms with Gasteiger partial charge in [-0.3, -0.25) is 0 Å². The first kappa shape index (κ1) is 41.9. The molecule has 63 heavy (non-hydrogen) atoms. The number of rotatable bonds is 7. The third-order valence-electron chi connectivity index (χ3n) is 12.0. The SMILES string of the molecule is Cc1cc(-n2c3[c-]c(Oc4[c-]c(N5[CH-]N(c6cccc(C(C)(C)C)c6)c6c(-c7ccccc7)cccc65)ccc4)ccc3c3ccccc32)ncc1-c1ccc(C(C)(C)C)cc1.[Pt]. The Bertz CT molecular complexity index is 3120. The first-order valence-corrected chi connectivity index (χ1v) is 21.4. The van der Waals surface area contributed by atoms with Crippen LogP contribution in [-0.4, -0.2) is 9.55 Å². The maximum atomic E-state index is 6.65. The minimum absolute atomic E-state index is 0. The number of ether oxygens (including phenoxy) is 1. The van der Waals surface area contributed by atoms with Crippen molar-refractivity contribution in [1.29, 1.82) is 0 Å². The molecule has 316 valence electrons. The van der Waals surface area contributed by atoms with E-state index in [-0.39, 0.29) is 31.9 Å². The van der Waals surface area contributed by atoms with Gasteiger partial charge in [-0.25, -0.2) is 4.98 Å². The van der Waals surface area contributed by atoms with Crippen molar-refractivity contribution in [3.63, 3.8) is 0 Å². The molecule has 0 bridgehead atoms. The van der Waals surface area contributed by atoms with Gasteiger partial charge in [-0.1, -0.05) is 144 Å². The summed E-state index contributed by atoms with van der Waals surface area (Å²) in [6, 6.07) is 62.9. The summed E-state index contributed by atoms with van der Waals surface area (Å²) in [4.78, 5) is 9.58. The van der Waals surface area contributed by atoms with Crippen molar-refractivity contribution in [3.8, 4) is 39.6 Å². The van der Waals surface area contributed by atoms with E-state index in [9.17, 15) is 0 Å². The number of hydrogen-bond donors (Lipinski definition) is 0. The fourth-order valence-corrected chi connectivity index (χ4v) is 8.62. The molecule has 1 aliphatic heterocycles. The number of aryl methyl sites for hydroxylation is 1. The Hall–Kier alpha value is -6.42. The van der Waals surface area contributed by atoms with Gasteiger partial charge in [0.1, 0.15) is 5.82 Å². The maximum Gasteiger partial charge on any atom is 0.135 e. The van der Waals surface area contributed by atoms with Crippen molar-refractivity contribution in [3.05, 3.63) is 199 Å². The first-order valence-electron chi connectivity index (χ1n) is 21.4. The minimum atomic E-state index is 0. The van der Waals surface area contributed by atoms with Crippen molar-refractivity contribution in [2.45, 2.75) is 59.3 Å². The van der Waals surface area contributed by atoms with Crippen LogP contribution in [0.5, 0.6) is 11.5 Å².